The van der Waals surface area contributed by atoms with Gasteiger partial charge in [-0.05, 0) is 57.7 Å². The molecule has 0 aromatic carbocycles. The summed E-state index contributed by atoms with van der Waals surface area (Å²) in [6, 6.07) is 0.685. The zero-order chi connectivity index (χ0) is 12.3. The van der Waals surface area contributed by atoms with Gasteiger partial charge in [-0.1, -0.05) is 13.3 Å². The Morgan fingerprint density at radius 1 is 1.29 bits per heavy atom. The molecule has 0 aromatic rings. The zero-order valence-electron chi connectivity index (χ0n) is 11.4. The number of nitrogens with zero attached hydrogens (tertiary/aromatic N) is 1. The van der Waals surface area contributed by atoms with Gasteiger partial charge in [0.1, 0.15) is 0 Å². The molecule has 1 heterocycles. The van der Waals surface area contributed by atoms with Gasteiger partial charge in [0.25, 0.3) is 0 Å². The lowest BCUT2D eigenvalue weighted by Gasteiger charge is -2.36. The van der Waals surface area contributed by atoms with E-state index in [1.54, 1.807) is 0 Å². The van der Waals surface area contributed by atoms with Crippen LogP contribution in [0.4, 0.5) is 0 Å². The summed E-state index contributed by atoms with van der Waals surface area (Å²) in [5, 5.41) is 13.4. The Bertz CT molecular complexity index is 234. The van der Waals surface area contributed by atoms with Gasteiger partial charge in [0.15, 0.2) is 0 Å². The molecule has 4 unspecified atom stereocenters. The predicted octanol–water partition coefficient (Wildman–Crippen LogP) is 1.47. The summed E-state index contributed by atoms with van der Waals surface area (Å²) in [7, 11) is 2.21. The van der Waals surface area contributed by atoms with E-state index in [1.807, 2.05) is 0 Å². The largest absolute Gasteiger partial charge is 0.393 e. The molecule has 1 saturated heterocycles. The Balaban J connectivity index is 1.70. The maximum Gasteiger partial charge on any atom is 0.0543 e. The van der Waals surface area contributed by atoms with Gasteiger partial charge in [-0.15, -0.1) is 0 Å². The van der Waals surface area contributed by atoms with E-state index < -0.39 is 0 Å². The summed E-state index contributed by atoms with van der Waals surface area (Å²) in [4.78, 5) is 2.42. The molecule has 2 N–H and O–H groups in total. The van der Waals surface area contributed by atoms with Gasteiger partial charge in [0.05, 0.1) is 6.10 Å². The van der Waals surface area contributed by atoms with Gasteiger partial charge >= 0.3 is 0 Å². The van der Waals surface area contributed by atoms with Crippen LogP contribution in [0.15, 0.2) is 0 Å². The fourth-order valence-corrected chi connectivity index (χ4v) is 3.42. The Morgan fingerprint density at radius 2 is 2.12 bits per heavy atom. The van der Waals surface area contributed by atoms with Crippen molar-refractivity contribution in [1.82, 2.24) is 10.2 Å². The van der Waals surface area contributed by atoms with E-state index in [-0.39, 0.29) is 6.10 Å². The van der Waals surface area contributed by atoms with Crippen LogP contribution in [-0.2, 0) is 0 Å². The van der Waals surface area contributed by atoms with E-state index in [1.165, 1.54) is 32.4 Å². The third-order valence-electron chi connectivity index (χ3n) is 4.53. The van der Waals surface area contributed by atoms with Gasteiger partial charge in [-0.2, -0.15) is 0 Å². The summed E-state index contributed by atoms with van der Waals surface area (Å²) in [6.07, 6.45) is 5.76. The molecule has 2 fully saturated rings. The lowest BCUT2D eigenvalue weighted by Crippen LogP contribution is -2.48. The number of rotatable bonds is 3. The molecule has 0 bridgehead atoms. The standard InChI is InChI=1S/C14H28N2O/c1-11-10-16(2)7-6-14(11)15-9-12-4-3-5-13(17)8-12/h11-15,17H,3-10H2,1-2H3. The first kappa shape index (κ1) is 13.3. The topological polar surface area (TPSA) is 35.5 Å². The second-order valence-electron chi connectivity index (χ2n) is 6.23. The molecule has 4 atom stereocenters. The van der Waals surface area contributed by atoms with Crippen LogP contribution in [0.25, 0.3) is 0 Å². The minimum atomic E-state index is -0.0366. The predicted molar refractivity (Wildman–Crippen MR) is 71.0 cm³/mol. The molecular weight excluding hydrogens is 212 g/mol. The first-order valence-corrected chi connectivity index (χ1v) is 7.25. The molecule has 100 valence electrons. The SMILES string of the molecule is CC1CN(C)CCC1NCC1CCCC(O)C1. The lowest BCUT2D eigenvalue weighted by atomic mass is 9.86. The molecule has 1 aliphatic carbocycles. The molecular formula is C14H28N2O. The van der Waals surface area contributed by atoms with E-state index in [2.05, 4.69) is 24.2 Å². The summed E-state index contributed by atoms with van der Waals surface area (Å²) < 4.78 is 0. The van der Waals surface area contributed by atoms with Crippen molar-refractivity contribution in [3.8, 4) is 0 Å². The molecule has 0 amide bonds. The van der Waals surface area contributed by atoms with E-state index >= 15 is 0 Å². The van der Waals surface area contributed by atoms with Crippen LogP contribution in [0.3, 0.4) is 0 Å². The number of likely N-dealkylation sites (tertiary alicyclic amines) is 1. The molecule has 3 nitrogen and oxygen atoms in total. The highest BCUT2D eigenvalue weighted by Crippen LogP contribution is 2.24. The third kappa shape index (κ3) is 3.94. The lowest BCUT2D eigenvalue weighted by molar-refractivity contribution is 0.0955. The van der Waals surface area contributed by atoms with Crippen molar-refractivity contribution in [2.75, 3.05) is 26.7 Å². The molecule has 0 spiro atoms. The van der Waals surface area contributed by atoms with Crippen LogP contribution in [0, 0.1) is 11.8 Å². The normalized spacial score (nSPS) is 40.4. The molecule has 1 aliphatic heterocycles. The number of hydrogen-bond donors (Lipinski definition) is 2. The summed E-state index contributed by atoms with van der Waals surface area (Å²) in [5.41, 5.74) is 0. The number of hydrogen-bond acceptors (Lipinski definition) is 3. The van der Waals surface area contributed by atoms with Crippen molar-refractivity contribution < 1.29 is 5.11 Å². The van der Waals surface area contributed by atoms with Crippen LogP contribution < -0.4 is 5.32 Å². The molecule has 2 aliphatic rings. The molecule has 17 heavy (non-hydrogen) atoms. The second kappa shape index (κ2) is 6.17. The maximum atomic E-state index is 9.67. The van der Waals surface area contributed by atoms with E-state index in [0.29, 0.717) is 12.0 Å². The third-order valence-corrected chi connectivity index (χ3v) is 4.53. The number of aliphatic hydroxyl groups excluding tert-OH is 1. The van der Waals surface area contributed by atoms with Crippen molar-refractivity contribution in [3.63, 3.8) is 0 Å². The highest BCUT2D eigenvalue weighted by Gasteiger charge is 2.26. The Kier molecular flexibility index (Phi) is 4.83. The molecule has 0 radical (unpaired) electrons. The minimum Gasteiger partial charge on any atom is -0.393 e. The van der Waals surface area contributed by atoms with Crippen molar-refractivity contribution in [1.29, 1.82) is 0 Å². The minimum absolute atomic E-state index is 0.0366. The van der Waals surface area contributed by atoms with Crippen molar-refractivity contribution >= 4 is 0 Å². The van der Waals surface area contributed by atoms with Crippen LogP contribution >= 0.6 is 0 Å². The highest BCUT2D eigenvalue weighted by molar-refractivity contribution is 4.83. The summed E-state index contributed by atoms with van der Waals surface area (Å²) >= 11 is 0. The Morgan fingerprint density at radius 3 is 2.82 bits per heavy atom. The summed E-state index contributed by atoms with van der Waals surface area (Å²) in [6.45, 7) is 5.89. The van der Waals surface area contributed by atoms with Crippen molar-refractivity contribution in [3.05, 3.63) is 0 Å². The number of aliphatic hydroxyl groups is 1. The first-order chi connectivity index (χ1) is 8.15. The Labute approximate surface area is 106 Å². The average molecular weight is 240 g/mol. The fourth-order valence-electron chi connectivity index (χ4n) is 3.42. The average Bonchev–Trinajstić information content (AvgIpc) is 2.28. The van der Waals surface area contributed by atoms with E-state index in [0.717, 1.165) is 25.3 Å². The number of piperidine rings is 1. The summed E-state index contributed by atoms with van der Waals surface area (Å²) in [5.74, 6) is 1.45. The quantitative estimate of drug-likeness (QED) is 0.784. The van der Waals surface area contributed by atoms with Crippen molar-refractivity contribution in [2.24, 2.45) is 11.8 Å². The number of nitrogens with one attached hydrogen (secondary N) is 1. The molecule has 1 saturated carbocycles. The molecule has 0 aromatic heterocycles. The van der Waals surface area contributed by atoms with Crippen LogP contribution in [-0.4, -0.2) is 48.8 Å². The molecule has 2 rings (SSSR count). The Hall–Kier alpha value is -0.120. The van der Waals surface area contributed by atoms with Gasteiger partial charge in [0.2, 0.25) is 0 Å². The fraction of sp³-hybridized carbons (Fsp3) is 1.00. The molecule has 3 heteroatoms. The van der Waals surface area contributed by atoms with E-state index in [9.17, 15) is 5.11 Å². The zero-order valence-corrected chi connectivity index (χ0v) is 11.4. The van der Waals surface area contributed by atoms with Gasteiger partial charge in [0, 0.05) is 12.6 Å². The van der Waals surface area contributed by atoms with Crippen LogP contribution in [0.1, 0.15) is 39.0 Å². The first-order valence-electron chi connectivity index (χ1n) is 7.25. The van der Waals surface area contributed by atoms with Crippen LogP contribution in [0.5, 0.6) is 0 Å². The van der Waals surface area contributed by atoms with Crippen molar-refractivity contribution in [2.45, 2.75) is 51.2 Å². The van der Waals surface area contributed by atoms with Gasteiger partial charge in [-0.25, -0.2) is 0 Å². The highest BCUT2D eigenvalue weighted by atomic mass is 16.3. The van der Waals surface area contributed by atoms with Gasteiger partial charge in [-0.3, -0.25) is 0 Å². The monoisotopic (exact) mass is 240 g/mol. The van der Waals surface area contributed by atoms with E-state index in [4.69, 9.17) is 0 Å². The smallest absolute Gasteiger partial charge is 0.0543 e. The second-order valence-corrected chi connectivity index (χ2v) is 6.23. The maximum absolute atomic E-state index is 9.67. The van der Waals surface area contributed by atoms with Crippen LogP contribution in [0.2, 0.25) is 0 Å². The van der Waals surface area contributed by atoms with Gasteiger partial charge < -0.3 is 15.3 Å².